The molecule has 7 nitrogen and oxygen atoms in total. The minimum atomic E-state index is -0.197. The Bertz CT molecular complexity index is 660. The van der Waals surface area contributed by atoms with E-state index in [9.17, 15) is 9.18 Å². The van der Waals surface area contributed by atoms with Gasteiger partial charge in [-0.15, -0.1) is 24.0 Å². The zero-order valence-corrected chi connectivity index (χ0v) is 21.4. The molecule has 1 aliphatic heterocycles. The van der Waals surface area contributed by atoms with Gasteiger partial charge >= 0.3 is 0 Å². The topological polar surface area (TPSA) is 63.2 Å². The van der Waals surface area contributed by atoms with Crippen LogP contribution in [0.1, 0.15) is 27.2 Å². The van der Waals surface area contributed by atoms with E-state index >= 15 is 0 Å². The lowest BCUT2D eigenvalue weighted by Gasteiger charge is -2.35. The third kappa shape index (κ3) is 9.59. The van der Waals surface area contributed by atoms with Crippen LogP contribution in [0.5, 0.6) is 0 Å². The lowest BCUT2D eigenvalue weighted by atomic mass is 10.2. The van der Waals surface area contributed by atoms with Crippen molar-refractivity contribution < 1.29 is 9.18 Å². The van der Waals surface area contributed by atoms with Crippen molar-refractivity contribution in [1.82, 2.24) is 20.4 Å². The van der Waals surface area contributed by atoms with Crippen LogP contribution in [-0.4, -0.2) is 87.1 Å². The number of amides is 1. The van der Waals surface area contributed by atoms with E-state index in [2.05, 4.69) is 25.4 Å². The largest absolute Gasteiger partial charge is 0.369 e. The van der Waals surface area contributed by atoms with Gasteiger partial charge in [0.1, 0.15) is 5.82 Å². The fourth-order valence-corrected chi connectivity index (χ4v) is 3.55. The van der Waals surface area contributed by atoms with Crippen LogP contribution in [0.3, 0.4) is 0 Å². The van der Waals surface area contributed by atoms with Crippen LogP contribution in [-0.2, 0) is 4.79 Å². The second-order valence-corrected chi connectivity index (χ2v) is 7.31. The lowest BCUT2D eigenvalue weighted by Crippen LogP contribution is -2.47. The van der Waals surface area contributed by atoms with Crippen molar-refractivity contribution in [2.24, 2.45) is 4.99 Å². The van der Waals surface area contributed by atoms with Gasteiger partial charge in [0.15, 0.2) is 5.96 Å². The van der Waals surface area contributed by atoms with Gasteiger partial charge in [-0.3, -0.25) is 14.7 Å². The number of halogens is 2. The molecule has 1 saturated heterocycles. The highest BCUT2D eigenvalue weighted by molar-refractivity contribution is 14.0. The molecule has 1 heterocycles. The van der Waals surface area contributed by atoms with Crippen molar-refractivity contribution in [1.29, 1.82) is 0 Å². The normalized spacial score (nSPS) is 14.7. The fraction of sp³-hybridized carbons (Fsp3) is 0.636. The Labute approximate surface area is 203 Å². The predicted molar refractivity (Wildman–Crippen MR) is 137 cm³/mol. The number of benzene rings is 1. The maximum Gasteiger partial charge on any atom is 0.224 e. The Kier molecular flexibility index (Phi) is 13.5. The number of nitrogens with zero attached hydrogens (tertiary/aromatic N) is 4. The molecule has 0 bridgehead atoms. The molecule has 1 aromatic carbocycles. The molecule has 0 spiro atoms. The Hall–Kier alpha value is -1.62. The molecule has 9 heteroatoms. The number of anilines is 1. The van der Waals surface area contributed by atoms with Crippen molar-refractivity contribution >= 4 is 41.5 Å². The van der Waals surface area contributed by atoms with Crippen LogP contribution < -0.4 is 15.5 Å². The van der Waals surface area contributed by atoms with Crippen molar-refractivity contribution in [3.8, 4) is 0 Å². The van der Waals surface area contributed by atoms with Gasteiger partial charge in [-0.05, 0) is 45.0 Å². The molecule has 0 saturated carbocycles. The van der Waals surface area contributed by atoms with Crippen molar-refractivity contribution in [2.45, 2.75) is 27.2 Å². The summed E-state index contributed by atoms with van der Waals surface area (Å²) in [6.07, 6.45) is 0.470. The molecule has 1 amide bonds. The maximum atomic E-state index is 13.1. The maximum absolute atomic E-state index is 13.1. The number of guanidine groups is 1. The first-order valence-electron chi connectivity index (χ1n) is 11.1. The number of carbonyl (C=O) groups is 1. The number of carbonyl (C=O) groups excluding carboxylic acids is 1. The highest BCUT2D eigenvalue weighted by Gasteiger charge is 2.17. The molecule has 0 atom stereocenters. The highest BCUT2D eigenvalue weighted by Crippen LogP contribution is 2.16. The number of piperazine rings is 1. The van der Waals surface area contributed by atoms with Gasteiger partial charge in [0, 0.05) is 71.0 Å². The number of hydrogen-bond donors (Lipinski definition) is 2. The number of rotatable bonds is 10. The third-order valence-electron chi connectivity index (χ3n) is 5.34. The van der Waals surface area contributed by atoms with Gasteiger partial charge in [-0.25, -0.2) is 4.39 Å². The first-order valence-corrected chi connectivity index (χ1v) is 11.1. The van der Waals surface area contributed by atoms with Crippen molar-refractivity contribution in [3.63, 3.8) is 0 Å². The van der Waals surface area contributed by atoms with Crippen LogP contribution in [0.2, 0.25) is 0 Å². The molecule has 1 aliphatic rings. The molecule has 0 aliphatic carbocycles. The van der Waals surface area contributed by atoms with Gasteiger partial charge in [0.2, 0.25) is 5.91 Å². The highest BCUT2D eigenvalue weighted by atomic mass is 127. The summed E-state index contributed by atoms with van der Waals surface area (Å²) in [5, 5.41) is 6.50. The zero-order chi connectivity index (χ0) is 21.8. The Morgan fingerprint density at radius 1 is 1.06 bits per heavy atom. The fourth-order valence-electron chi connectivity index (χ4n) is 3.55. The predicted octanol–water partition coefficient (Wildman–Crippen LogP) is 2.38. The van der Waals surface area contributed by atoms with Gasteiger partial charge in [0.25, 0.3) is 0 Å². The molecule has 176 valence electrons. The zero-order valence-electron chi connectivity index (χ0n) is 19.1. The summed E-state index contributed by atoms with van der Waals surface area (Å²) < 4.78 is 13.1. The molecule has 0 aromatic heterocycles. The number of hydrogen-bond acceptors (Lipinski definition) is 4. The molecular formula is C22H38FIN6O. The quantitative estimate of drug-likeness (QED) is 0.267. The smallest absolute Gasteiger partial charge is 0.224 e. The first kappa shape index (κ1) is 27.4. The van der Waals surface area contributed by atoms with E-state index in [0.717, 1.165) is 64.0 Å². The number of aliphatic imine (C=N–C) groups is 1. The standard InChI is InChI=1S/C22H37FN6O.HI/c1-4-24-22(25-12-11-21(30)28(5-2)6-3)26-13-14-27-15-17-29(18-16-27)20-9-7-19(23)8-10-20;/h7-10H,4-6,11-18H2,1-3H3,(H2,24,25,26);1H. The Morgan fingerprint density at radius 2 is 1.71 bits per heavy atom. The molecular weight excluding hydrogens is 510 g/mol. The van der Waals surface area contributed by atoms with Gasteiger partial charge < -0.3 is 20.4 Å². The second kappa shape index (κ2) is 15.2. The molecule has 2 N–H and O–H groups in total. The average Bonchev–Trinajstić information content (AvgIpc) is 2.76. The van der Waals surface area contributed by atoms with E-state index in [0.29, 0.717) is 19.5 Å². The lowest BCUT2D eigenvalue weighted by molar-refractivity contribution is -0.130. The molecule has 1 aromatic rings. The summed E-state index contributed by atoms with van der Waals surface area (Å²) in [5.41, 5.74) is 1.08. The second-order valence-electron chi connectivity index (χ2n) is 7.31. The summed E-state index contributed by atoms with van der Waals surface area (Å²) in [5.74, 6) is 0.731. The molecule has 1 fully saturated rings. The Morgan fingerprint density at radius 3 is 2.29 bits per heavy atom. The van der Waals surface area contributed by atoms with Crippen LogP contribution in [0.25, 0.3) is 0 Å². The molecule has 0 unspecified atom stereocenters. The van der Waals surface area contributed by atoms with Crippen LogP contribution >= 0.6 is 24.0 Å². The summed E-state index contributed by atoms with van der Waals surface area (Å²) in [6.45, 7) is 14.3. The van der Waals surface area contributed by atoms with Crippen molar-refractivity contribution in [3.05, 3.63) is 30.1 Å². The van der Waals surface area contributed by atoms with E-state index in [4.69, 9.17) is 0 Å². The third-order valence-corrected chi connectivity index (χ3v) is 5.34. The summed E-state index contributed by atoms with van der Waals surface area (Å²) in [6, 6.07) is 6.71. The molecule has 0 radical (unpaired) electrons. The first-order chi connectivity index (χ1) is 14.6. The van der Waals surface area contributed by atoms with Crippen LogP contribution in [0, 0.1) is 5.82 Å². The van der Waals surface area contributed by atoms with E-state index in [1.807, 2.05) is 37.8 Å². The van der Waals surface area contributed by atoms with E-state index in [1.165, 1.54) is 12.1 Å². The monoisotopic (exact) mass is 548 g/mol. The minimum Gasteiger partial charge on any atom is -0.369 e. The summed E-state index contributed by atoms with van der Waals surface area (Å²) >= 11 is 0. The van der Waals surface area contributed by atoms with Crippen molar-refractivity contribution in [2.75, 3.05) is 70.3 Å². The number of nitrogens with one attached hydrogen (secondary N) is 2. The molecule has 31 heavy (non-hydrogen) atoms. The van der Waals surface area contributed by atoms with Gasteiger partial charge in [0.05, 0.1) is 6.54 Å². The minimum absolute atomic E-state index is 0. The van der Waals surface area contributed by atoms with Crippen LogP contribution in [0.15, 0.2) is 29.3 Å². The summed E-state index contributed by atoms with van der Waals surface area (Å²) in [7, 11) is 0. The average molecular weight is 548 g/mol. The van der Waals surface area contributed by atoms with E-state index < -0.39 is 0 Å². The van der Waals surface area contributed by atoms with Gasteiger partial charge in [-0.1, -0.05) is 0 Å². The van der Waals surface area contributed by atoms with E-state index in [-0.39, 0.29) is 35.7 Å². The summed E-state index contributed by atoms with van der Waals surface area (Å²) in [4.78, 5) is 23.3. The van der Waals surface area contributed by atoms with E-state index in [1.54, 1.807) is 0 Å². The SMILES string of the molecule is CCNC(=NCCN1CCN(c2ccc(F)cc2)CC1)NCCC(=O)N(CC)CC.I. The van der Waals surface area contributed by atoms with Gasteiger partial charge in [-0.2, -0.15) is 0 Å². The van der Waals surface area contributed by atoms with Crippen LogP contribution in [0.4, 0.5) is 10.1 Å². The molecule has 2 rings (SSSR count). The Balaban J connectivity index is 0.00000480.